The molecule has 3 aliphatic rings. The Hall–Kier alpha value is -0.120. The molecule has 0 heterocycles. The van der Waals surface area contributed by atoms with E-state index >= 15 is 0 Å². The number of hydroxylamine groups is 2. The molecule has 3 nitrogen and oxygen atoms in total. The average Bonchev–Trinajstić information content (AvgIpc) is 2.70. The van der Waals surface area contributed by atoms with Crippen LogP contribution in [0.1, 0.15) is 38.5 Å². The summed E-state index contributed by atoms with van der Waals surface area (Å²) >= 11 is 0. The van der Waals surface area contributed by atoms with Crippen molar-refractivity contribution in [3.8, 4) is 0 Å². The first-order valence-electron chi connectivity index (χ1n) is 6.31. The summed E-state index contributed by atoms with van der Waals surface area (Å²) < 4.78 is 0. The van der Waals surface area contributed by atoms with Crippen LogP contribution in [0.2, 0.25) is 0 Å². The van der Waals surface area contributed by atoms with Gasteiger partial charge in [0, 0.05) is 0 Å². The highest BCUT2D eigenvalue weighted by atomic mass is 16.9. The van der Waals surface area contributed by atoms with E-state index in [0.29, 0.717) is 5.23 Å². The molecule has 2 bridgehead atoms. The molecule has 3 rings (SSSR count). The maximum atomic E-state index is 10.9. The summed E-state index contributed by atoms with van der Waals surface area (Å²) in [5, 5.41) is 11.5. The summed E-state index contributed by atoms with van der Waals surface area (Å²) in [6.07, 6.45) is 8.20. The fourth-order valence-electron chi connectivity index (χ4n) is 4.54. The molecule has 0 aromatic carbocycles. The summed E-state index contributed by atoms with van der Waals surface area (Å²) in [5.41, 5.74) is 0. The van der Waals surface area contributed by atoms with Gasteiger partial charge in [-0.2, -0.15) is 0 Å². The average molecular weight is 210 g/mol. The van der Waals surface area contributed by atoms with Crippen LogP contribution in [0.15, 0.2) is 0 Å². The highest BCUT2D eigenvalue weighted by Crippen LogP contribution is 2.57. The lowest BCUT2D eigenvalue weighted by molar-refractivity contribution is -0.165. The van der Waals surface area contributed by atoms with Crippen molar-refractivity contribution in [1.82, 2.24) is 5.23 Å². The Labute approximate surface area is 91.3 Å². The van der Waals surface area contributed by atoms with Gasteiger partial charge in [0.15, 0.2) is 0 Å². The van der Waals surface area contributed by atoms with Crippen LogP contribution in [0.3, 0.4) is 0 Å². The molecule has 3 saturated carbocycles. The summed E-state index contributed by atoms with van der Waals surface area (Å²) in [4.78, 5) is 5.31. The second-order valence-corrected chi connectivity index (χ2v) is 5.65. The predicted octanol–water partition coefficient (Wildman–Crippen LogP) is 2.56. The minimum Gasteiger partial charge on any atom is -0.762 e. The predicted molar refractivity (Wildman–Crippen MR) is 57.7 cm³/mol. The van der Waals surface area contributed by atoms with Gasteiger partial charge in [-0.1, -0.05) is 6.42 Å². The van der Waals surface area contributed by atoms with Gasteiger partial charge >= 0.3 is 0 Å². The van der Waals surface area contributed by atoms with Gasteiger partial charge in [-0.05, 0) is 62.8 Å². The molecule has 4 atom stereocenters. The van der Waals surface area contributed by atoms with Gasteiger partial charge in [0.25, 0.3) is 0 Å². The Morgan fingerprint density at radius 1 is 1.07 bits per heavy atom. The van der Waals surface area contributed by atoms with Gasteiger partial charge < -0.3 is 10.0 Å². The third kappa shape index (κ3) is 1.71. The molecule has 0 aromatic rings. The van der Waals surface area contributed by atoms with Crippen molar-refractivity contribution >= 4 is 0 Å². The Bertz CT molecular complexity index is 226. The molecule has 86 valence electrons. The summed E-state index contributed by atoms with van der Waals surface area (Å²) in [6.45, 7) is 0. The minimum atomic E-state index is 0.210. The Kier molecular flexibility index (Phi) is 2.49. The van der Waals surface area contributed by atoms with Gasteiger partial charge in [0.1, 0.15) is 0 Å². The molecule has 0 radical (unpaired) electrons. The molecule has 0 amide bonds. The monoisotopic (exact) mass is 210 g/mol. The van der Waals surface area contributed by atoms with Gasteiger partial charge in [0.2, 0.25) is 0 Å². The fourth-order valence-corrected chi connectivity index (χ4v) is 4.54. The minimum absolute atomic E-state index is 0.210. The van der Waals surface area contributed by atoms with E-state index in [4.69, 9.17) is 4.84 Å². The second-order valence-electron chi connectivity index (χ2n) is 5.65. The van der Waals surface area contributed by atoms with E-state index in [2.05, 4.69) is 0 Å². The highest BCUT2D eigenvalue weighted by molar-refractivity contribution is 4.99. The maximum absolute atomic E-state index is 10.9. The molecule has 3 fully saturated rings. The fraction of sp³-hybridized carbons (Fsp3) is 1.00. The van der Waals surface area contributed by atoms with E-state index in [1.54, 1.807) is 0 Å². The lowest BCUT2D eigenvalue weighted by Gasteiger charge is -2.34. The molecule has 0 N–H and O–H groups in total. The van der Waals surface area contributed by atoms with Crippen molar-refractivity contribution in [2.24, 2.45) is 23.7 Å². The van der Waals surface area contributed by atoms with Crippen LogP contribution in [0.25, 0.3) is 0 Å². The van der Waals surface area contributed by atoms with E-state index < -0.39 is 0 Å². The van der Waals surface area contributed by atoms with Crippen molar-refractivity contribution < 1.29 is 4.84 Å². The first-order chi connectivity index (χ1) is 7.24. The zero-order valence-electron chi connectivity index (χ0n) is 9.39. The number of hydrogen-bond acceptors (Lipinski definition) is 3. The maximum Gasteiger partial charge on any atom is 0.0786 e. The van der Waals surface area contributed by atoms with Crippen molar-refractivity contribution in [2.45, 2.75) is 44.6 Å². The van der Waals surface area contributed by atoms with E-state index in [-0.39, 0.29) is 6.10 Å². The first kappa shape index (κ1) is 10.1. The van der Waals surface area contributed by atoms with Crippen LogP contribution in [-0.2, 0) is 4.84 Å². The molecule has 3 heteroatoms. The molecular formula is C12H20NO2-. The molecule has 3 aliphatic carbocycles. The Balaban J connectivity index is 1.68. The molecule has 0 spiro atoms. The normalized spacial score (nSPS) is 48.6. The lowest BCUT2D eigenvalue weighted by Crippen LogP contribution is -2.29. The van der Waals surface area contributed by atoms with Gasteiger partial charge in [-0.25, -0.2) is 0 Å². The zero-order valence-corrected chi connectivity index (χ0v) is 9.39. The van der Waals surface area contributed by atoms with Crippen molar-refractivity contribution in [3.63, 3.8) is 0 Å². The van der Waals surface area contributed by atoms with Crippen LogP contribution in [0, 0.1) is 28.9 Å². The molecule has 0 aromatic heterocycles. The van der Waals surface area contributed by atoms with Crippen LogP contribution >= 0.6 is 0 Å². The molecule has 0 aliphatic heterocycles. The van der Waals surface area contributed by atoms with E-state index in [1.807, 2.05) is 0 Å². The molecular weight excluding hydrogens is 190 g/mol. The van der Waals surface area contributed by atoms with E-state index in [9.17, 15) is 5.21 Å². The van der Waals surface area contributed by atoms with Gasteiger partial charge in [-0.15, -0.1) is 0 Å². The highest BCUT2D eigenvalue weighted by Gasteiger charge is 2.49. The molecule has 15 heavy (non-hydrogen) atoms. The van der Waals surface area contributed by atoms with Crippen LogP contribution < -0.4 is 0 Å². The quantitative estimate of drug-likeness (QED) is 0.657. The van der Waals surface area contributed by atoms with Gasteiger partial charge in [0.05, 0.1) is 6.10 Å². The van der Waals surface area contributed by atoms with Crippen LogP contribution in [0.5, 0.6) is 0 Å². The Morgan fingerprint density at radius 2 is 1.67 bits per heavy atom. The zero-order chi connectivity index (χ0) is 10.4. The number of nitrogens with zero attached hydrogens (tertiary/aromatic N) is 1. The molecule has 0 saturated heterocycles. The van der Waals surface area contributed by atoms with Crippen molar-refractivity contribution in [2.75, 3.05) is 7.05 Å². The van der Waals surface area contributed by atoms with E-state index in [0.717, 1.165) is 36.5 Å². The largest absolute Gasteiger partial charge is 0.762 e. The topological polar surface area (TPSA) is 35.5 Å². The standard InChI is InChI=1S/C12H20NO2/c1-13(14)15-10-6-8-5-9(7-10)12-4-2-3-11(8)12/h8-12H,2-7H2,1H3/q-1. The summed E-state index contributed by atoms with van der Waals surface area (Å²) in [6, 6.07) is 0. The second kappa shape index (κ2) is 3.72. The van der Waals surface area contributed by atoms with Crippen molar-refractivity contribution in [3.05, 3.63) is 5.21 Å². The third-order valence-corrected chi connectivity index (χ3v) is 4.87. The SMILES string of the molecule is CN([O-])OC1CC2CC(C1)C1CCCC21. The molecule has 4 unspecified atom stereocenters. The van der Waals surface area contributed by atoms with E-state index in [1.165, 1.54) is 32.7 Å². The van der Waals surface area contributed by atoms with Crippen LogP contribution in [0.4, 0.5) is 0 Å². The lowest BCUT2D eigenvalue weighted by atomic mass is 9.83. The smallest absolute Gasteiger partial charge is 0.0786 e. The van der Waals surface area contributed by atoms with Crippen molar-refractivity contribution in [1.29, 1.82) is 0 Å². The Morgan fingerprint density at radius 3 is 2.20 bits per heavy atom. The van der Waals surface area contributed by atoms with Gasteiger partial charge in [-0.3, -0.25) is 5.23 Å². The summed E-state index contributed by atoms with van der Waals surface area (Å²) in [5.74, 6) is 3.67. The third-order valence-electron chi connectivity index (χ3n) is 4.87. The summed E-state index contributed by atoms with van der Waals surface area (Å²) in [7, 11) is 1.46. The number of hydrogen-bond donors (Lipinski definition) is 0. The number of fused-ring (bicyclic) bond motifs is 5. The first-order valence-corrected chi connectivity index (χ1v) is 6.31. The van der Waals surface area contributed by atoms with Crippen LogP contribution in [-0.4, -0.2) is 18.4 Å². The number of rotatable bonds is 2.